The number of benzene rings is 1. The molecular formula is C14H20FNO. The summed E-state index contributed by atoms with van der Waals surface area (Å²) in [5.74, 6) is 0.0487. The molecule has 1 N–H and O–H groups in total. The van der Waals surface area contributed by atoms with Crippen LogP contribution in [0.25, 0.3) is 0 Å². The van der Waals surface area contributed by atoms with Gasteiger partial charge in [-0.3, -0.25) is 0 Å². The van der Waals surface area contributed by atoms with Gasteiger partial charge in [0, 0.05) is 5.54 Å². The Labute approximate surface area is 102 Å². The van der Waals surface area contributed by atoms with Gasteiger partial charge in [-0.15, -0.1) is 0 Å². The Kier molecular flexibility index (Phi) is 3.67. The highest BCUT2D eigenvalue weighted by atomic mass is 19.1. The Morgan fingerprint density at radius 2 is 2.29 bits per heavy atom. The molecule has 0 spiro atoms. The van der Waals surface area contributed by atoms with E-state index in [0.29, 0.717) is 5.75 Å². The van der Waals surface area contributed by atoms with Crippen LogP contribution in [0.3, 0.4) is 0 Å². The second-order valence-electron chi connectivity index (χ2n) is 4.71. The molecule has 1 heterocycles. The Hall–Kier alpha value is -1.09. The summed E-state index contributed by atoms with van der Waals surface area (Å²) in [7, 11) is 1.49. The third-order valence-electron chi connectivity index (χ3n) is 3.62. The van der Waals surface area contributed by atoms with Gasteiger partial charge in [-0.25, -0.2) is 4.39 Å². The molecule has 1 aromatic rings. The van der Waals surface area contributed by atoms with Gasteiger partial charge in [0.05, 0.1) is 7.11 Å². The largest absolute Gasteiger partial charge is 0.494 e. The molecule has 1 aliphatic heterocycles. The number of hydrogen-bond acceptors (Lipinski definition) is 2. The zero-order valence-corrected chi connectivity index (χ0v) is 10.6. The van der Waals surface area contributed by atoms with Gasteiger partial charge in [0.25, 0.3) is 0 Å². The lowest BCUT2D eigenvalue weighted by atomic mass is 9.84. The topological polar surface area (TPSA) is 21.3 Å². The summed E-state index contributed by atoms with van der Waals surface area (Å²) in [6, 6.07) is 5.32. The lowest BCUT2D eigenvalue weighted by Crippen LogP contribution is -2.36. The number of nitrogens with one attached hydrogen (secondary N) is 1. The van der Waals surface area contributed by atoms with Crippen molar-refractivity contribution >= 4 is 0 Å². The Balaban J connectivity index is 2.33. The van der Waals surface area contributed by atoms with E-state index in [2.05, 4.69) is 12.2 Å². The van der Waals surface area contributed by atoms with Gasteiger partial charge >= 0.3 is 0 Å². The molecular weight excluding hydrogens is 217 g/mol. The maximum Gasteiger partial charge on any atom is 0.165 e. The highest BCUT2D eigenvalue weighted by Crippen LogP contribution is 2.36. The summed E-state index contributed by atoms with van der Waals surface area (Å²) in [5.41, 5.74) is 1.03. The smallest absolute Gasteiger partial charge is 0.165 e. The van der Waals surface area contributed by atoms with Crippen LogP contribution in [0.2, 0.25) is 0 Å². The summed E-state index contributed by atoms with van der Waals surface area (Å²) >= 11 is 0. The van der Waals surface area contributed by atoms with Crippen molar-refractivity contribution in [3.63, 3.8) is 0 Å². The van der Waals surface area contributed by atoms with Crippen LogP contribution in [0.15, 0.2) is 18.2 Å². The van der Waals surface area contributed by atoms with Crippen LogP contribution in [-0.2, 0) is 5.54 Å². The summed E-state index contributed by atoms with van der Waals surface area (Å²) in [5, 5.41) is 3.54. The van der Waals surface area contributed by atoms with Crippen molar-refractivity contribution in [1.82, 2.24) is 5.32 Å². The molecule has 1 atom stereocenters. The summed E-state index contributed by atoms with van der Waals surface area (Å²) in [6.45, 7) is 3.19. The molecule has 2 rings (SSSR count). The van der Waals surface area contributed by atoms with Crippen LogP contribution < -0.4 is 10.1 Å². The van der Waals surface area contributed by atoms with Gasteiger partial charge in [0.1, 0.15) is 0 Å². The molecule has 0 radical (unpaired) electrons. The van der Waals surface area contributed by atoms with E-state index in [-0.39, 0.29) is 11.4 Å². The predicted molar refractivity (Wildman–Crippen MR) is 66.8 cm³/mol. The number of halogens is 1. The first kappa shape index (κ1) is 12.4. The van der Waals surface area contributed by atoms with Gasteiger partial charge in [0.15, 0.2) is 11.6 Å². The second-order valence-corrected chi connectivity index (χ2v) is 4.71. The SMILES string of the molecule is CCCC1(c2ccc(OC)c(F)c2)CCCN1. The highest BCUT2D eigenvalue weighted by molar-refractivity contribution is 5.34. The molecule has 94 valence electrons. The first-order chi connectivity index (χ1) is 8.22. The molecule has 0 amide bonds. The van der Waals surface area contributed by atoms with Crippen LogP contribution in [0.1, 0.15) is 38.2 Å². The number of rotatable bonds is 4. The lowest BCUT2D eigenvalue weighted by molar-refractivity contribution is 0.349. The van der Waals surface area contributed by atoms with Gasteiger partial charge in [-0.2, -0.15) is 0 Å². The molecule has 0 aliphatic carbocycles. The number of methoxy groups -OCH3 is 1. The van der Waals surface area contributed by atoms with Crippen LogP contribution in [0.5, 0.6) is 5.75 Å². The van der Waals surface area contributed by atoms with Crippen molar-refractivity contribution in [3.05, 3.63) is 29.6 Å². The zero-order chi connectivity index (χ0) is 12.3. The lowest BCUT2D eigenvalue weighted by Gasteiger charge is -2.30. The minimum atomic E-state index is -0.269. The van der Waals surface area contributed by atoms with E-state index < -0.39 is 0 Å². The van der Waals surface area contributed by atoms with E-state index >= 15 is 0 Å². The van der Waals surface area contributed by atoms with Crippen molar-refractivity contribution in [2.45, 2.75) is 38.1 Å². The van der Waals surface area contributed by atoms with E-state index in [0.717, 1.165) is 37.8 Å². The zero-order valence-electron chi connectivity index (χ0n) is 10.6. The van der Waals surface area contributed by atoms with Crippen molar-refractivity contribution in [1.29, 1.82) is 0 Å². The standard InChI is InChI=1S/C14H20FNO/c1-3-7-14(8-4-9-16-14)11-5-6-13(17-2)12(15)10-11/h5-6,10,16H,3-4,7-9H2,1-2H3. The van der Waals surface area contributed by atoms with E-state index in [1.165, 1.54) is 7.11 Å². The van der Waals surface area contributed by atoms with Crippen LogP contribution in [-0.4, -0.2) is 13.7 Å². The Bertz CT molecular complexity index is 386. The molecule has 0 bridgehead atoms. The van der Waals surface area contributed by atoms with Crippen molar-refractivity contribution in [3.8, 4) is 5.75 Å². The molecule has 1 aliphatic rings. The summed E-state index contributed by atoms with van der Waals surface area (Å²) < 4.78 is 18.7. The van der Waals surface area contributed by atoms with Crippen LogP contribution in [0.4, 0.5) is 4.39 Å². The van der Waals surface area contributed by atoms with Crippen molar-refractivity contribution < 1.29 is 9.13 Å². The maximum absolute atomic E-state index is 13.8. The minimum absolute atomic E-state index is 0.0259. The van der Waals surface area contributed by atoms with Gasteiger partial charge in [0.2, 0.25) is 0 Å². The highest BCUT2D eigenvalue weighted by Gasteiger charge is 2.34. The van der Waals surface area contributed by atoms with Gasteiger partial charge < -0.3 is 10.1 Å². The third kappa shape index (κ3) is 2.29. The summed E-state index contributed by atoms with van der Waals surface area (Å²) in [6.07, 6.45) is 4.40. The Morgan fingerprint density at radius 3 is 2.82 bits per heavy atom. The van der Waals surface area contributed by atoms with Crippen molar-refractivity contribution in [2.75, 3.05) is 13.7 Å². The Morgan fingerprint density at radius 1 is 1.47 bits per heavy atom. The predicted octanol–water partition coefficient (Wildman–Crippen LogP) is 3.21. The van der Waals surface area contributed by atoms with E-state index in [1.807, 2.05) is 6.07 Å². The normalized spacial score (nSPS) is 23.9. The van der Waals surface area contributed by atoms with Crippen LogP contribution >= 0.6 is 0 Å². The molecule has 17 heavy (non-hydrogen) atoms. The third-order valence-corrected chi connectivity index (χ3v) is 3.62. The minimum Gasteiger partial charge on any atom is -0.494 e. The van der Waals surface area contributed by atoms with E-state index in [4.69, 9.17) is 4.74 Å². The number of ether oxygens (including phenoxy) is 1. The van der Waals surface area contributed by atoms with E-state index in [9.17, 15) is 4.39 Å². The fourth-order valence-corrected chi connectivity index (χ4v) is 2.80. The monoisotopic (exact) mass is 237 g/mol. The first-order valence-electron chi connectivity index (χ1n) is 6.31. The maximum atomic E-state index is 13.8. The fourth-order valence-electron chi connectivity index (χ4n) is 2.80. The summed E-state index contributed by atoms with van der Waals surface area (Å²) in [4.78, 5) is 0. The fraction of sp³-hybridized carbons (Fsp3) is 0.571. The molecule has 1 fully saturated rings. The first-order valence-corrected chi connectivity index (χ1v) is 6.31. The molecule has 1 aromatic carbocycles. The molecule has 1 saturated heterocycles. The average molecular weight is 237 g/mol. The second kappa shape index (κ2) is 5.05. The van der Waals surface area contributed by atoms with Crippen LogP contribution in [0, 0.1) is 5.82 Å². The molecule has 2 nitrogen and oxygen atoms in total. The quantitative estimate of drug-likeness (QED) is 0.868. The van der Waals surface area contributed by atoms with Crippen molar-refractivity contribution in [2.24, 2.45) is 0 Å². The van der Waals surface area contributed by atoms with E-state index in [1.54, 1.807) is 12.1 Å². The average Bonchev–Trinajstić information content (AvgIpc) is 2.79. The molecule has 0 saturated carbocycles. The molecule has 3 heteroatoms. The number of hydrogen-bond donors (Lipinski definition) is 1. The van der Waals surface area contributed by atoms with Gasteiger partial charge in [-0.1, -0.05) is 19.4 Å². The molecule has 1 unspecified atom stereocenters. The molecule has 0 aromatic heterocycles. The van der Waals surface area contributed by atoms with Gasteiger partial charge in [-0.05, 0) is 43.5 Å².